The molecular weight excluding hydrogens is 280 g/mol. The molecule has 0 aliphatic carbocycles. The Morgan fingerprint density at radius 2 is 2.00 bits per heavy atom. The number of hydrogen-bond acceptors (Lipinski definition) is 6. The molecule has 7 nitrogen and oxygen atoms in total. The zero-order chi connectivity index (χ0) is 15.7. The smallest absolute Gasteiger partial charge is 0.277 e. The zero-order valence-electron chi connectivity index (χ0n) is 12.6. The molecule has 0 amide bonds. The molecule has 116 valence electrons. The summed E-state index contributed by atoms with van der Waals surface area (Å²) in [6.45, 7) is 4.78. The van der Waals surface area contributed by atoms with Gasteiger partial charge in [-0.3, -0.25) is 9.78 Å². The fourth-order valence-corrected chi connectivity index (χ4v) is 2.48. The van der Waals surface area contributed by atoms with E-state index in [0.29, 0.717) is 18.1 Å². The Hall–Kier alpha value is -2.70. The van der Waals surface area contributed by atoms with Crippen molar-refractivity contribution in [1.82, 2.24) is 9.97 Å². The first kappa shape index (κ1) is 14.2. The summed E-state index contributed by atoms with van der Waals surface area (Å²) in [5.74, 6) is 0.613. The van der Waals surface area contributed by atoms with Crippen LogP contribution in [-0.2, 0) is 0 Å². The number of nitrogen functional groups attached to an aromatic ring is 1. The summed E-state index contributed by atoms with van der Waals surface area (Å²) in [6, 6.07) is 8.37. The van der Waals surface area contributed by atoms with Gasteiger partial charge in [0.15, 0.2) is 5.82 Å². The first-order valence-corrected chi connectivity index (χ1v) is 7.26. The molecule has 1 aliphatic heterocycles. The highest BCUT2D eigenvalue weighted by atomic mass is 16.1. The summed E-state index contributed by atoms with van der Waals surface area (Å²) >= 11 is 0. The van der Waals surface area contributed by atoms with Crippen LogP contribution in [-0.4, -0.2) is 28.6 Å². The van der Waals surface area contributed by atoms with Crippen molar-refractivity contribution in [3.05, 3.63) is 40.2 Å². The van der Waals surface area contributed by atoms with Gasteiger partial charge >= 0.3 is 0 Å². The molecule has 6 N–H and O–H groups in total. The van der Waals surface area contributed by atoms with Crippen molar-refractivity contribution in [2.75, 3.05) is 28.2 Å². The topological polar surface area (TPSA) is 108 Å². The third kappa shape index (κ3) is 2.83. The second kappa shape index (κ2) is 5.59. The van der Waals surface area contributed by atoms with Gasteiger partial charge in [0.05, 0.1) is 6.04 Å². The minimum absolute atomic E-state index is 0.0559. The van der Waals surface area contributed by atoms with E-state index in [2.05, 4.69) is 45.0 Å². The molecule has 2 aromatic rings. The third-order valence-electron chi connectivity index (χ3n) is 3.81. The Labute approximate surface area is 128 Å². The number of H-pyrrole nitrogens is 1. The quantitative estimate of drug-likeness (QED) is 0.586. The average molecular weight is 300 g/mol. The summed E-state index contributed by atoms with van der Waals surface area (Å²) in [7, 11) is 0. The molecule has 1 aromatic heterocycles. The van der Waals surface area contributed by atoms with Crippen LogP contribution in [0.3, 0.4) is 0 Å². The molecule has 0 fully saturated rings. The average Bonchev–Trinajstić information content (AvgIpc) is 2.47. The number of hydrogen-bond donors (Lipinski definition) is 5. The maximum Gasteiger partial charge on any atom is 0.277 e. The Morgan fingerprint density at radius 3 is 2.73 bits per heavy atom. The fourth-order valence-electron chi connectivity index (χ4n) is 2.48. The number of nitrogens with two attached hydrogens (primary N) is 1. The van der Waals surface area contributed by atoms with Crippen molar-refractivity contribution >= 4 is 23.1 Å². The molecule has 0 saturated heterocycles. The Bertz CT molecular complexity index is 724. The lowest BCUT2D eigenvalue weighted by Gasteiger charge is -2.33. The molecule has 0 spiro atoms. The van der Waals surface area contributed by atoms with Gasteiger partial charge in [0.25, 0.3) is 5.56 Å². The molecule has 1 unspecified atom stereocenters. The van der Waals surface area contributed by atoms with E-state index in [4.69, 9.17) is 5.73 Å². The second-order valence-corrected chi connectivity index (χ2v) is 5.61. The van der Waals surface area contributed by atoms with Gasteiger partial charge in [-0.25, -0.2) is 0 Å². The summed E-state index contributed by atoms with van der Waals surface area (Å²) in [5, 5.41) is 9.83. The van der Waals surface area contributed by atoms with Crippen molar-refractivity contribution in [3.8, 4) is 0 Å². The molecule has 2 heterocycles. The van der Waals surface area contributed by atoms with Gasteiger partial charge in [-0.1, -0.05) is 17.7 Å². The molecule has 2 atom stereocenters. The number of benzene rings is 1. The van der Waals surface area contributed by atoms with Gasteiger partial charge in [-0.2, -0.15) is 4.98 Å². The first-order chi connectivity index (χ1) is 10.5. The van der Waals surface area contributed by atoms with Crippen molar-refractivity contribution in [3.63, 3.8) is 0 Å². The van der Waals surface area contributed by atoms with Crippen LogP contribution in [0.15, 0.2) is 29.1 Å². The van der Waals surface area contributed by atoms with E-state index in [9.17, 15) is 4.79 Å². The number of nitrogens with one attached hydrogen (secondary N) is 4. The van der Waals surface area contributed by atoms with Gasteiger partial charge in [0.2, 0.25) is 5.95 Å². The van der Waals surface area contributed by atoms with Crippen molar-refractivity contribution in [1.29, 1.82) is 0 Å². The number of aromatic amines is 1. The molecule has 1 aliphatic rings. The minimum atomic E-state index is -0.262. The van der Waals surface area contributed by atoms with Crippen molar-refractivity contribution in [2.45, 2.75) is 25.9 Å². The molecular formula is C15H20N6O. The number of nitrogens with zero attached hydrogens (tertiary/aromatic N) is 1. The molecule has 1 aromatic carbocycles. The predicted octanol–water partition coefficient (Wildman–Crippen LogP) is 1.37. The van der Waals surface area contributed by atoms with Gasteiger partial charge < -0.3 is 21.7 Å². The van der Waals surface area contributed by atoms with Gasteiger partial charge in [-0.15, -0.1) is 0 Å². The number of aryl methyl sites for hydroxylation is 1. The van der Waals surface area contributed by atoms with Gasteiger partial charge in [0, 0.05) is 18.3 Å². The van der Waals surface area contributed by atoms with Crippen molar-refractivity contribution in [2.24, 2.45) is 0 Å². The molecule has 0 bridgehead atoms. The van der Waals surface area contributed by atoms with Gasteiger partial charge in [0.1, 0.15) is 5.69 Å². The normalized spacial score (nSPS) is 19.7. The fraction of sp³-hybridized carbons (Fsp3) is 0.333. The van der Waals surface area contributed by atoms with Crippen LogP contribution >= 0.6 is 0 Å². The largest absolute Gasteiger partial charge is 0.383 e. The monoisotopic (exact) mass is 300 g/mol. The molecule has 3 rings (SSSR count). The summed E-state index contributed by atoms with van der Waals surface area (Å²) in [5.41, 5.74) is 8.01. The second-order valence-electron chi connectivity index (χ2n) is 5.61. The number of fused-ring (bicyclic) bond motifs is 1. The van der Waals surface area contributed by atoms with E-state index in [-0.39, 0.29) is 23.6 Å². The first-order valence-electron chi connectivity index (χ1n) is 7.26. The van der Waals surface area contributed by atoms with Crippen LogP contribution < -0.4 is 27.2 Å². The predicted molar refractivity (Wildman–Crippen MR) is 89.4 cm³/mol. The molecule has 22 heavy (non-hydrogen) atoms. The van der Waals surface area contributed by atoms with Crippen LogP contribution in [0.5, 0.6) is 0 Å². The maximum absolute atomic E-state index is 12.0. The standard InChI is InChI=1S/C15H20N6O/c1-8-3-5-10(6-4-8)17-7-11-9(2)18-13-12(19-11)14(22)21-15(16)20-13/h3-6,9,11,17,19H,7H2,1-2H3,(H4,16,18,20,21,22)/t9?,11-/m0/s1. The lowest BCUT2D eigenvalue weighted by atomic mass is 10.1. The summed E-state index contributed by atoms with van der Waals surface area (Å²) < 4.78 is 0. The summed E-state index contributed by atoms with van der Waals surface area (Å²) in [6.07, 6.45) is 0. The number of anilines is 4. The van der Waals surface area contributed by atoms with E-state index in [1.165, 1.54) is 5.56 Å². The molecule has 7 heteroatoms. The van der Waals surface area contributed by atoms with Crippen molar-refractivity contribution < 1.29 is 0 Å². The van der Waals surface area contributed by atoms with E-state index in [1.54, 1.807) is 0 Å². The van der Waals surface area contributed by atoms with Crippen LogP contribution in [0, 0.1) is 6.92 Å². The maximum atomic E-state index is 12.0. The molecule has 0 saturated carbocycles. The van der Waals surface area contributed by atoms with Crippen LogP contribution in [0.2, 0.25) is 0 Å². The Morgan fingerprint density at radius 1 is 1.27 bits per heavy atom. The van der Waals surface area contributed by atoms with Crippen LogP contribution in [0.1, 0.15) is 12.5 Å². The number of aromatic nitrogens is 2. The minimum Gasteiger partial charge on any atom is -0.383 e. The van der Waals surface area contributed by atoms with Gasteiger partial charge in [-0.05, 0) is 26.0 Å². The SMILES string of the molecule is Cc1ccc(NC[C@@H]2Nc3c(nc(N)[nH]c3=O)NC2C)cc1. The molecule has 0 radical (unpaired) electrons. The Balaban J connectivity index is 1.73. The highest BCUT2D eigenvalue weighted by Gasteiger charge is 2.27. The van der Waals surface area contributed by atoms with E-state index in [0.717, 1.165) is 5.69 Å². The summed E-state index contributed by atoms with van der Waals surface area (Å²) in [4.78, 5) is 18.6. The number of rotatable bonds is 3. The highest BCUT2D eigenvalue weighted by Crippen LogP contribution is 2.23. The Kier molecular flexibility index (Phi) is 3.62. The lowest BCUT2D eigenvalue weighted by Crippen LogP contribution is -2.47. The van der Waals surface area contributed by atoms with E-state index < -0.39 is 0 Å². The van der Waals surface area contributed by atoms with Crippen LogP contribution in [0.4, 0.5) is 23.1 Å². The third-order valence-corrected chi connectivity index (χ3v) is 3.81. The van der Waals surface area contributed by atoms with Crippen LogP contribution in [0.25, 0.3) is 0 Å². The zero-order valence-corrected chi connectivity index (χ0v) is 12.6. The van der Waals surface area contributed by atoms with E-state index in [1.807, 2.05) is 19.1 Å². The highest BCUT2D eigenvalue weighted by molar-refractivity contribution is 5.68. The lowest BCUT2D eigenvalue weighted by molar-refractivity contribution is 0.632. The van der Waals surface area contributed by atoms with E-state index >= 15 is 0 Å².